The van der Waals surface area contributed by atoms with Crippen molar-refractivity contribution in [2.75, 3.05) is 39.5 Å². The van der Waals surface area contributed by atoms with E-state index in [0.29, 0.717) is 5.82 Å². The number of nitrogens with two attached hydrogens (primary N) is 1. The summed E-state index contributed by atoms with van der Waals surface area (Å²) in [5, 5.41) is 0. The highest BCUT2D eigenvalue weighted by Crippen LogP contribution is 2.19. The van der Waals surface area contributed by atoms with Gasteiger partial charge in [0.2, 0.25) is 0 Å². The van der Waals surface area contributed by atoms with Crippen LogP contribution >= 0.6 is 0 Å². The fourth-order valence-electron chi connectivity index (χ4n) is 2.22. The minimum atomic E-state index is -0.187. The van der Waals surface area contributed by atoms with Crippen LogP contribution in [0.1, 0.15) is 18.3 Å². The number of nitrogens with one attached hydrogen (secondary N) is 1. The van der Waals surface area contributed by atoms with Gasteiger partial charge >= 0.3 is 0 Å². The average molecular weight is 237 g/mol. The van der Waals surface area contributed by atoms with Gasteiger partial charge in [-0.05, 0) is 33.6 Å². The maximum atomic E-state index is 11.4. The fraction of sp³-hybridized carbons (Fsp3) is 0.636. The van der Waals surface area contributed by atoms with Crippen LogP contribution in [-0.4, -0.2) is 53.5 Å². The van der Waals surface area contributed by atoms with E-state index in [4.69, 9.17) is 5.73 Å². The molecule has 1 fully saturated rings. The van der Waals surface area contributed by atoms with Crippen LogP contribution in [-0.2, 0) is 0 Å². The van der Waals surface area contributed by atoms with Crippen molar-refractivity contribution < 1.29 is 0 Å². The number of rotatable bonds is 1. The van der Waals surface area contributed by atoms with Crippen molar-refractivity contribution in [2.45, 2.75) is 12.5 Å². The molecule has 1 unspecified atom stereocenters. The topological polar surface area (TPSA) is 78.2 Å². The van der Waals surface area contributed by atoms with Crippen LogP contribution < -0.4 is 11.3 Å². The Labute approximate surface area is 100 Å². The van der Waals surface area contributed by atoms with E-state index < -0.39 is 0 Å². The molecular weight excluding hydrogens is 218 g/mol. The summed E-state index contributed by atoms with van der Waals surface area (Å²) in [5.41, 5.74) is 5.43. The molecule has 3 N–H and O–H groups in total. The average Bonchev–Trinajstić information content (AvgIpc) is 2.39. The highest BCUT2D eigenvalue weighted by atomic mass is 16.1. The number of hydrogen-bond donors (Lipinski definition) is 2. The molecule has 1 atom stereocenters. The summed E-state index contributed by atoms with van der Waals surface area (Å²) in [4.78, 5) is 22.9. The Morgan fingerprint density at radius 3 is 2.94 bits per heavy atom. The summed E-state index contributed by atoms with van der Waals surface area (Å²) in [5.74, 6) is 0.940. The first-order chi connectivity index (χ1) is 8.06. The van der Waals surface area contributed by atoms with Crippen molar-refractivity contribution in [1.29, 1.82) is 0 Å². The monoisotopic (exact) mass is 237 g/mol. The quantitative estimate of drug-likeness (QED) is 0.698. The molecule has 94 valence electrons. The van der Waals surface area contributed by atoms with Crippen molar-refractivity contribution in [3.63, 3.8) is 0 Å². The van der Waals surface area contributed by atoms with Crippen LogP contribution in [0.3, 0.4) is 0 Å². The van der Waals surface area contributed by atoms with Gasteiger partial charge in [0, 0.05) is 12.6 Å². The van der Waals surface area contributed by atoms with E-state index >= 15 is 0 Å². The minimum Gasteiger partial charge on any atom is -0.383 e. The van der Waals surface area contributed by atoms with Crippen molar-refractivity contribution in [3.05, 3.63) is 22.2 Å². The molecular formula is C11H19N5O. The van der Waals surface area contributed by atoms with Gasteiger partial charge in [0.1, 0.15) is 11.6 Å². The lowest BCUT2D eigenvalue weighted by Crippen LogP contribution is -2.33. The normalized spacial score (nSPS) is 23.5. The van der Waals surface area contributed by atoms with Gasteiger partial charge in [0.05, 0.1) is 6.04 Å². The zero-order valence-electron chi connectivity index (χ0n) is 10.3. The first kappa shape index (κ1) is 12.1. The van der Waals surface area contributed by atoms with E-state index in [1.54, 1.807) is 0 Å². The van der Waals surface area contributed by atoms with Gasteiger partial charge in [-0.25, -0.2) is 4.98 Å². The number of likely N-dealkylation sites (N-methyl/N-ethyl adjacent to an activating group) is 2. The molecule has 0 saturated carbocycles. The van der Waals surface area contributed by atoms with Gasteiger partial charge in [-0.15, -0.1) is 0 Å². The summed E-state index contributed by atoms with van der Waals surface area (Å²) in [6, 6.07) is 1.41. The Morgan fingerprint density at radius 1 is 1.47 bits per heavy atom. The number of anilines is 1. The maximum absolute atomic E-state index is 11.4. The molecule has 1 aromatic heterocycles. The van der Waals surface area contributed by atoms with Crippen LogP contribution in [0.5, 0.6) is 0 Å². The highest BCUT2D eigenvalue weighted by molar-refractivity contribution is 5.26. The Morgan fingerprint density at radius 2 is 2.24 bits per heavy atom. The lowest BCUT2D eigenvalue weighted by molar-refractivity contribution is 0.219. The zero-order chi connectivity index (χ0) is 12.4. The van der Waals surface area contributed by atoms with E-state index in [9.17, 15) is 4.79 Å². The van der Waals surface area contributed by atoms with Gasteiger partial charge in [-0.3, -0.25) is 9.69 Å². The first-order valence-electron chi connectivity index (χ1n) is 5.82. The molecule has 1 aliphatic heterocycles. The third-order valence-corrected chi connectivity index (χ3v) is 3.16. The molecule has 1 aromatic rings. The summed E-state index contributed by atoms with van der Waals surface area (Å²) in [7, 11) is 4.13. The second kappa shape index (κ2) is 4.85. The van der Waals surface area contributed by atoms with Crippen molar-refractivity contribution in [2.24, 2.45) is 0 Å². The molecule has 0 aromatic carbocycles. The van der Waals surface area contributed by atoms with Crippen LogP contribution in [0.25, 0.3) is 0 Å². The van der Waals surface area contributed by atoms with E-state index in [0.717, 1.165) is 26.1 Å². The molecule has 0 radical (unpaired) electrons. The Kier molecular flexibility index (Phi) is 3.44. The molecule has 6 nitrogen and oxygen atoms in total. The third kappa shape index (κ3) is 2.83. The number of nitrogen functional groups attached to an aromatic ring is 1. The lowest BCUT2D eigenvalue weighted by atomic mass is 10.2. The number of H-pyrrole nitrogens is 1. The molecule has 0 spiro atoms. The van der Waals surface area contributed by atoms with E-state index in [1.165, 1.54) is 6.07 Å². The molecule has 0 bridgehead atoms. The van der Waals surface area contributed by atoms with Crippen molar-refractivity contribution >= 4 is 5.82 Å². The number of nitrogens with zero attached hydrogens (tertiary/aromatic N) is 3. The summed E-state index contributed by atoms with van der Waals surface area (Å²) < 4.78 is 0. The van der Waals surface area contributed by atoms with E-state index in [2.05, 4.69) is 26.8 Å². The Balaban J connectivity index is 2.32. The van der Waals surface area contributed by atoms with Crippen LogP contribution in [0.4, 0.5) is 5.82 Å². The van der Waals surface area contributed by atoms with E-state index in [1.807, 2.05) is 7.05 Å². The predicted octanol–water partition coefficient (Wildman–Crippen LogP) is -0.339. The van der Waals surface area contributed by atoms with Gasteiger partial charge in [-0.1, -0.05) is 0 Å². The number of aromatic amines is 1. The number of hydrogen-bond acceptors (Lipinski definition) is 5. The standard InChI is InChI=1S/C11H19N5O/c1-15-4-3-5-16(2)8(7-15)11-13-9(12)6-10(17)14-11/h6,8H,3-5,7H2,1-2H3,(H3,12,13,14,17). The molecule has 1 saturated heterocycles. The van der Waals surface area contributed by atoms with Gasteiger partial charge in [0.15, 0.2) is 0 Å². The smallest absolute Gasteiger partial charge is 0.253 e. The SMILES string of the molecule is CN1CCCN(C)C(c2nc(N)cc(=O)[nH]2)C1. The zero-order valence-corrected chi connectivity index (χ0v) is 10.3. The summed E-state index contributed by atoms with van der Waals surface area (Å²) in [6.07, 6.45) is 1.12. The molecule has 0 amide bonds. The van der Waals surface area contributed by atoms with Crippen molar-refractivity contribution in [1.82, 2.24) is 19.8 Å². The van der Waals surface area contributed by atoms with Crippen molar-refractivity contribution in [3.8, 4) is 0 Å². The second-order valence-electron chi connectivity index (χ2n) is 4.67. The molecule has 1 aliphatic rings. The maximum Gasteiger partial charge on any atom is 0.253 e. The molecule has 6 heteroatoms. The van der Waals surface area contributed by atoms with Crippen LogP contribution in [0.2, 0.25) is 0 Å². The van der Waals surface area contributed by atoms with Crippen LogP contribution in [0.15, 0.2) is 10.9 Å². The molecule has 17 heavy (non-hydrogen) atoms. The molecule has 0 aliphatic carbocycles. The highest BCUT2D eigenvalue weighted by Gasteiger charge is 2.24. The fourth-order valence-corrected chi connectivity index (χ4v) is 2.22. The largest absolute Gasteiger partial charge is 0.383 e. The van der Waals surface area contributed by atoms with Gasteiger partial charge < -0.3 is 15.6 Å². The predicted molar refractivity (Wildman–Crippen MR) is 66.8 cm³/mol. The third-order valence-electron chi connectivity index (χ3n) is 3.16. The van der Waals surface area contributed by atoms with Gasteiger partial charge in [0.25, 0.3) is 5.56 Å². The lowest BCUT2D eigenvalue weighted by Gasteiger charge is -2.26. The number of aromatic nitrogens is 2. The molecule has 2 heterocycles. The first-order valence-corrected chi connectivity index (χ1v) is 5.82. The summed E-state index contributed by atoms with van der Waals surface area (Å²) in [6.45, 7) is 2.91. The Hall–Kier alpha value is -1.40. The summed E-state index contributed by atoms with van der Waals surface area (Å²) >= 11 is 0. The van der Waals surface area contributed by atoms with E-state index in [-0.39, 0.29) is 17.4 Å². The molecule has 2 rings (SSSR count). The van der Waals surface area contributed by atoms with Gasteiger partial charge in [-0.2, -0.15) is 0 Å². The minimum absolute atomic E-state index is 0.0960. The second-order valence-corrected chi connectivity index (χ2v) is 4.67. The Bertz CT molecular complexity index is 444. The van der Waals surface area contributed by atoms with Crippen LogP contribution in [0, 0.1) is 0 Å².